The van der Waals surface area contributed by atoms with Crippen molar-refractivity contribution in [3.05, 3.63) is 58.4 Å². The number of hydrogen-bond acceptors (Lipinski definition) is 6. The molecule has 0 radical (unpaired) electrons. The molecule has 0 amide bonds. The first-order valence-electron chi connectivity index (χ1n) is 7.00. The lowest BCUT2D eigenvalue weighted by Gasteiger charge is -2.40. The smallest absolute Gasteiger partial charge is 0.293 e. The summed E-state index contributed by atoms with van der Waals surface area (Å²) < 4.78 is 23.1. The van der Waals surface area contributed by atoms with Crippen LogP contribution in [0, 0.1) is 10.1 Å². The first-order chi connectivity index (χ1) is 10.9. The fraction of sp³-hybridized carbons (Fsp3) is 0.267. The summed E-state index contributed by atoms with van der Waals surface area (Å²) >= 11 is 0. The largest absolute Gasteiger partial charge is 0.365 e. The second kappa shape index (κ2) is 5.62. The molecule has 0 atom stereocenters. The molecule has 1 fully saturated rings. The van der Waals surface area contributed by atoms with E-state index < -0.39 is 14.8 Å². The van der Waals surface area contributed by atoms with E-state index in [9.17, 15) is 18.5 Å². The molecule has 0 N–H and O–H groups in total. The van der Waals surface area contributed by atoms with Crippen molar-refractivity contribution in [1.82, 2.24) is 4.98 Å². The molecule has 0 unspecified atom stereocenters. The van der Waals surface area contributed by atoms with Gasteiger partial charge in [-0.15, -0.1) is 0 Å². The van der Waals surface area contributed by atoms with Crippen LogP contribution < -0.4 is 4.90 Å². The minimum atomic E-state index is -3.48. The predicted molar refractivity (Wildman–Crippen MR) is 85.4 cm³/mol. The van der Waals surface area contributed by atoms with E-state index in [2.05, 4.69) is 4.98 Å². The van der Waals surface area contributed by atoms with E-state index in [1.165, 1.54) is 12.1 Å². The number of nitro benzene ring substituents is 1. The number of pyridine rings is 1. The fourth-order valence-corrected chi connectivity index (χ4v) is 3.27. The molecule has 3 rings (SSSR count). The van der Waals surface area contributed by atoms with Gasteiger partial charge >= 0.3 is 0 Å². The zero-order valence-electron chi connectivity index (χ0n) is 12.4. The Morgan fingerprint density at radius 2 is 2.00 bits per heavy atom. The molecule has 1 saturated heterocycles. The van der Waals surface area contributed by atoms with Gasteiger partial charge in [-0.2, -0.15) is 0 Å². The Kier molecular flexibility index (Phi) is 3.77. The van der Waals surface area contributed by atoms with Gasteiger partial charge in [-0.05, 0) is 24.3 Å². The number of aromatic nitrogens is 1. The van der Waals surface area contributed by atoms with Crippen LogP contribution >= 0.6 is 0 Å². The third kappa shape index (κ3) is 3.02. The molecule has 8 heteroatoms. The molecular weight excluding hydrogens is 318 g/mol. The Bertz CT molecular complexity index is 846. The molecule has 0 aliphatic carbocycles. The normalized spacial score (nSPS) is 15.3. The first-order valence-corrected chi connectivity index (χ1v) is 8.90. The van der Waals surface area contributed by atoms with Gasteiger partial charge in [0.25, 0.3) is 5.69 Å². The predicted octanol–water partition coefficient (Wildman–Crippen LogP) is 2.00. The van der Waals surface area contributed by atoms with E-state index in [4.69, 9.17) is 0 Å². The Morgan fingerprint density at radius 3 is 2.57 bits per heavy atom. The summed E-state index contributed by atoms with van der Waals surface area (Å²) in [5.74, 6) is 0.227. The van der Waals surface area contributed by atoms with Crippen LogP contribution in [-0.2, 0) is 9.84 Å². The highest BCUT2D eigenvalue weighted by atomic mass is 32.2. The van der Waals surface area contributed by atoms with Crippen molar-refractivity contribution in [2.24, 2.45) is 0 Å². The molecule has 1 aromatic heterocycles. The highest BCUT2D eigenvalue weighted by Crippen LogP contribution is 2.37. The SMILES string of the molecule is CS(=O)(=O)c1ccc(N2CC(c3ccccn3)C2)c([N+](=O)[O-])c1. The minimum absolute atomic E-state index is 0.0465. The molecule has 7 nitrogen and oxygen atoms in total. The second-order valence-electron chi connectivity index (χ2n) is 5.54. The van der Waals surface area contributed by atoms with Crippen molar-refractivity contribution in [1.29, 1.82) is 0 Å². The van der Waals surface area contributed by atoms with Crippen LogP contribution in [0.5, 0.6) is 0 Å². The lowest BCUT2D eigenvalue weighted by molar-refractivity contribution is -0.384. The van der Waals surface area contributed by atoms with Crippen molar-refractivity contribution in [3.63, 3.8) is 0 Å². The van der Waals surface area contributed by atoms with Crippen molar-refractivity contribution < 1.29 is 13.3 Å². The summed E-state index contributed by atoms with van der Waals surface area (Å²) in [6.45, 7) is 1.24. The van der Waals surface area contributed by atoms with E-state index in [0.717, 1.165) is 18.0 Å². The highest BCUT2D eigenvalue weighted by molar-refractivity contribution is 7.90. The summed E-state index contributed by atoms with van der Waals surface area (Å²) in [4.78, 5) is 16.8. The van der Waals surface area contributed by atoms with Crippen molar-refractivity contribution in [2.45, 2.75) is 10.8 Å². The van der Waals surface area contributed by atoms with Crippen LogP contribution in [0.15, 0.2) is 47.5 Å². The molecule has 1 aromatic carbocycles. The summed E-state index contributed by atoms with van der Waals surface area (Å²) in [5, 5.41) is 11.3. The Morgan fingerprint density at radius 1 is 1.26 bits per heavy atom. The van der Waals surface area contributed by atoms with Gasteiger partial charge in [-0.1, -0.05) is 6.07 Å². The molecule has 0 spiro atoms. The standard InChI is InChI=1S/C15H15N3O4S/c1-23(21,22)12-5-6-14(15(8-12)18(19)20)17-9-11(10-17)13-4-2-3-7-16-13/h2-8,11H,9-10H2,1H3. The van der Waals surface area contributed by atoms with Gasteiger partial charge in [0.15, 0.2) is 9.84 Å². The second-order valence-corrected chi connectivity index (χ2v) is 7.55. The molecule has 23 heavy (non-hydrogen) atoms. The van der Waals surface area contributed by atoms with E-state index in [1.807, 2.05) is 23.1 Å². The lowest BCUT2D eigenvalue weighted by atomic mass is 9.94. The molecule has 0 bridgehead atoms. The highest BCUT2D eigenvalue weighted by Gasteiger charge is 2.33. The maximum Gasteiger partial charge on any atom is 0.293 e. The zero-order valence-corrected chi connectivity index (χ0v) is 13.2. The number of anilines is 1. The molecular formula is C15H15N3O4S. The van der Waals surface area contributed by atoms with E-state index in [-0.39, 0.29) is 16.5 Å². The van der Waals surface area contributed by atoms with Gasteiger partial charge in [-0.25, -0.2) is 8.42 Å². The van der Waals surface area contributed by atoms with Gasteiger partial charge in [0.2, 0.25) is 0 Å². The van der Waals surface area contributed by atoms with Crippen molar-refractivity contribution >= 4 is 21.2 Å². The summed E-state index contributed by atoms with van der Waals surface area (Å²) in [6, 6.07) is 9.72. The van der Waals surface area contributed by atoms with E-state index in [0.29, 0.717) is 18.8 Å². The van der Waals surface area contributed by atoms with E-state index >= 15 is 0 Å². The molecule has 1 aliphatic heterocycles. The summed E-state index contributed by atoms with van der Waals surface area (Å²) in [6.07, 6.45) is 2.76. The van der Waals surface area contributed by atoms with Crippen LogP contribution in [0.3, 0.4) is 0 Å². The number of nitrogens with zero attached hydrogens (tertiary/aromatic N) is 3. The first kappa shape index (κ1) is 15.4. The lowest BCUT2D eigenvalue weighted by Crippen LogP contribution is -2.45. The monoisotopic (exact) mass is 333 g/mol. The molecule has 120 valence electrons. The molecule has 2 aromatic rings. The summed E-state index contributed by atoms with van der Waals surface area (Å²) in [7, 11) is -3.48. The number of hydrogen-bond donors (Lipinski definition) is 0. The van der Waals surface area contributed by atoms with Gasteiger partial charge in [0, 0.05) is 43.2 Å². The Labute approximate surface area is 133 Å². The van der Waals surface area contributed by atoms with Crippen LogP contribution in [0.1, 0.15) is 11.6 Å². The van der Waals surface area contributed by atoms with Crippen LogP contribution in [0.2, 0.25) is 0 Å². The number of rotatable bonds is 4. The Balaban J connectivity index is 1.86. The number of nitro groups is 1. The van der Waals surface area contributed by atoms with Crippen LogP contribution in [0.4, 0.5) is 11.4 Å². The Hall–Kier alpha value is -2.48. The van der Waals surface area contributed by atoms with Crippen LogP contribution in [-0.4, -0.2) is 37.7 Å². The maximum absolute atomic E-state index is 11.6. The third-order valence-corrected chi connectivity index (χ3v) is 5.01. The fourth-order valence-electron chi connectivity index (χ4n) is 2.63. The van der Waals surface area contributed by atoms with Crippen molar-refractivity contribution in [2.75, 3.05) is 24.2 Å². The number of benzene rings is 1. The molecule has 1 aliphatic rings. The summed E-state index contributed by atoms with van der Waals surface area (Å²) in [5.41, 5.74) is 1.21. The number of sulfone groups is 1. The minimum Gasteiger partial charge on any atom is -0.365 e. The maximum atomic E-state index is 11.6. The van der Waals surface area contributed by atoms with Gasteiger partial charge in [0.1, 0.15) is 5.69 Å². The average molecular weight is 333 g/mol. The van der Waals surface area contributed by atoms with Gasteiger partial charge in [0.05, 0.1) is 9.82 Å². The topological polar surface area (TPSA) is 93.4 Å². The van der Waals surface area contributed by atoms with Crippen molar-refractivity contribution in [3.8, 4) is 0 Å². The van der Waals surface area contributed by atoms with Gasteiger partial charge in [-0.3, -0.25) is 15.1 Å². The molecule has 2 heterocycles. The average Bonchev–Trinajstić information content (AvgIpc) is 2.46. The van der Waals surface area contributed by atoms with Crippen LogP contribution in [0.25, 0.3) is 0 Å². The zero-order chi connectivity index (χ0) is 16.6. The van der Waals surface area contributed by atoms with E-state index in [1.54, 1.807) is 6.20 Å². The molecule has 0 saturated carbocycles. The quantitative estimate of drug-likeness (QED) is 0.627. The van der Waals surface area contributed by atoms with Gasteiger partial charge < -0.3 is 4.90 Å². The third-order valence-electron chi connectivity index (χ3n) is 3.90.